The Morgan fingerprint density at radius 2 is 2.29 bits per heavy atom. The zero-order valence-corrected chi connectivity index (χ0v) is 11.3. The Morgan fingerprint density at radius 3 is 3.12 bits per heavy atom. The molecule has 0 amide bonds. The summed E-state index contributed by atoms with van der Waals surface area (Å²) in [5.74, 6) is 2.21. The highest BCUT2D eigenvalue weighted by molar-refractivity contribution is 7.99. The number of thiazole rings is 1. The second-order valence-electron chi connectivity index (χ2n) is 4.06. The summed E-state index contributed by atoms with van der Waals surface area (Å²) in [6, 6.07) is 6.74. The van der Waals surface area contributed by atoms with Crippen LogP contribution in [0, 0.1) is 0 Å². The summed E-state index contributed by atoms with van der Waals surface area (Å²) >= 11 is 3.67. The third-order valence-corrected chi connectivity index (χ3v) is 5.01. The first kappa shape index (κ1) is 11.1. The fraction of sp³-hybridized carbons (Fsp3) is 0.308. The lowest BCUT2D eigenvalue weighted by atomic mass is 10.1. The van der Waals surface area contributed by atoms with Crippen molar-refractivity contribution >= 4 is 28.9 Å². The molecule has 1 aromatic heterocycles. The van der Waals surface area contributed by atoms with Crippen molar-refractivity contribution in [3.63, 3.8) is 0 Å². The Hall–Kier alpha value is -1.00. The van der Waals surface area contributed by atoms with E-state index in [1.54, 1.807) is 11.3 Å². The van der Waals surface area contributed by atoms with Gasteiger partial charge in [0.25, 0.3) is 0 Å². The molecule has 0 unspecified atom stereocenters. The van der Waals surface area contributed by atoms with Gasteiger partial charge in [-0.05, 0) is 36.3 Å². The van der Waals surface area contributed by atoms with E-state index in [4.69, 9.17) is 0 Å². The molecular weight excluding hydrogens is 248 g/mol. The minimum absolute atomic E-state index is 0.956. The lowest BCUT2D eigenvalue weighted by Gasteiger charge is -2.15. The van der Waals surface area contributed by atoms with E-state index in [1.165, 1.54) is 34.6 Å². The van der Waals surface area contributed by atoms with Gasteiger partial charge in [-0.1, -0.05) is 6.07 Å². The van der Waals surface area contributed by atoms with Crippen LogP contribution in [-0.2, 0) is 6.42 Å². The molecule has 0 fully saturated rings. The fourth-order valence-corrected chi connectivity index (χ4v) is 3.84. The van der Waals surface area contributed by atoms with Crippen molar-refractivity contribution in [2.75, 3.05) is 18.1 Å². The second kappa shape index (κ2) is 4.70. The topological polar surface area (TPSA) is 24.9 Å². The van der Waals surface area contributed by atoms with Crippen LogP contribution in [0.4, 0.5) is 5.82 Å². The number of thioether (sulfide) groups is 1. The van der Waals surface area contributed by atoms with Gasteiger partial charge in [0.1, 0.15) is 10.8 Å². The van der Waals surface area contributed by atoms with Crippen molar-refractivity contribution in [1.82, 2.24) is 4.98 Å². The Balaban J connectivity index is 1.97. The van der Waals surface area contributed by atoms with Gasteiger partial charge in [-0.2, -0.15) is 0 Å². The Morgan fingerprint density at radius 1 is 1.35 bits per heavy atom. The minimum atomic E-state index is 0.956. The number of fused-ring (bicyclic) bond motifs is 1. The molecule has 1 aliphatic heterocycles. The predicted molar refractivity (Wildman–Crippen MR) is 76.1 cm³/mol. The molecule has 1 N–H and O–H groups in total. The normalized spacial score (nSPS) is 14.4. The zero-order valence-electron chi connectivity index (χ0n) is 9.69. The van der Waals surface area contributed by atoms with Crippen LogP contribution in [0.25, 0.3) is 10.6 Å². The maximum atomic E-state index is 4.55. The number of hydrogen-bond donors (Lipinski definition) is 1. The van der Waals surface area contributed by atoms with Crippen LogP contribution in [0.5, 0.6) is 0 Å². The first-order chi connectivity index (χ1) is 8.36. The molecule has 17 heavy (non-hydrogen) atoms. The first-order valence-corrected chi connectivity index (χ1v) is 7.63. The molecule has 0 atom stereocenters. The molecule has 1 aromatic carbocycles. The van der Waals surface area contributed by atoms with Crippen LogP contribution in [0.1, 0.15) is 12.0 Å². The lowest BCUT2D eigenvalue weighted by Crippen LogP contribution is -1.98. The smallest absolute Gasteiger partial charge is 0.137 e. The molecule has 2 aromatic rings. The van der Waals surface area contributed by atoms with Crippen molar-refractivity contribution < 1.29 is 0 Å². The highest BCUT2D eigenvalue weighted by Crippen LogP contribution is 2.34. The number of benzene rings is 1. The van der Waals surface area contributed by atoms with E-state index in [0.717, 1.165) is 10.8 Å². The number of aryl methyl sites for hydroxylation is 1. The van der Waals surface area contributed by atoms with E-state index in [2.05, 4.69) is 33.9 Å². The van der Waals surface area contributed by atoms with E-state index in [-0.39, 0.29) is 0 Å². The van der Waals surface area contributed by atoms with Gasteiger partial charge in [0, 0.05) is 22.9 Å². The zero-order chi connectivity index (χ0) is 11.7. The molecule has 0 spiro atoms. The van der Waals surface area contributed by atoms with Gasteiger partial charge in [0.15, 0.2) is 0 Å². The molecule has 88 valence electrons. The lowest BCUT2D eigenvalue weighted by molar-refractivity contribution is 0.890. The summed E-state index contributed by atoms with van der Waals surface area (Å²) in [5.41, 5.74) is 2.73. The molecular formula is C13H14N2S2. The molecule has 3 rings (SSSR count). The van der Waals surface area contributed by atoms with E-state index in [0.29, 0.717) is 0 Å². The molecule has 0 radical (unpaired) electrons. The van der Waals surface area contributed by atoms with E-state index < -0.39 is 0 Å². The molecule has 0 saturated heterocycles. The molecule has 4 heteroatoms. The van der Waals surface area contributed by atoms with Crippen LogP contribution in [0.2, 0.25) is 0 Å². The van der Waals surface area contributed by atoms with Crippen LogP contribution in [0.3, 0.4) is 0 Å². The number of nitrogens with zero attached hydrogens (tertiary/aromatic N) is 1. The minimum Gasteiger partial charge on any atom is -0.372 e. The highest BCUT2D eigenvalue weighted by Gasteiger charge is 2.12. The van der Waals surface area contributed by atoms with Gasteiger partial charge in [-0.15, -0.1) is 23.1 Å². The molecule has 0 aliphatic carbocycles. The van der Waals surface area contributed by atoms with Crippen molar-refractivity contribution in [2.24, 2.45) is 0 Å². The number of rotatable bonds is 2. The third kappa shape index (κ3) is 2.19. The van der Waals surface area contributed by atoms with Gasteiger partial charge in [0.2, 0.25) is 0 Å². The Bertz CT molecular complexity index is 534. The Kier molecular flexibility index (Phi) is 3.07. The third-order valence-electron chi connectivity index (χ3n) is 2.92. The summed E-state index contributed by atoms with van der Waals surface area (Å²) < 4.78 is 0. The number of anilines is 1. The van der Waals surface area contributed by atoms with E-state index >= 15 is 0 Å². The first-order valence-electron chi connectivity index (χ1n) is 5.76. The van der Waals surface area contributed by atoms with Crippen LogP contribution in [0.15, 0.2) is 28.5 Å². The second-order valence-corrected chi connectivity index (χ2v) is 6.06. The van der Waals surface area contributed by atoms with Crippen molar-refractivity contribution in [2.45, 2.75) is 17.7 Å². The average molecular weight is 262 g/mol. The molecule has 0 saturated carbocycles. The molecule has 0 bridgehead atoms. The van der Waals surface area contributed by atoms with Crippen molar-refractivity contribution in [3.05, 3.63) is 29.1 Å². The fourth-order valence-electron chi connectivity index (χ4n) is 2.01. The van der Waals surface area contributed by atoms with Crippen LogP contribution in [-0.4, -0.2) is 17.8 Å². The summed E-state index contributed by atoms with van der Waals surface area (Å²) in [7, 11) is 1.91. The predicted octanol–water partition coefficient (Wildman–Crippen LogP) is 3.89. The van der Waals surface area contributed by atoms with Crippen molar-refractivity contribution in [3.8, 4) is 10.6 Å². The SMILES string of the molecule is CNc1csc(-c2ccc3c(c2)CCCS3)n1. The number of nitrogens with one attached hydrogen (secondary N) is 1. The molecule has 2 nitrogen and oxygen atoms in total. The van der Waals surface area contributed by atoms with Crippen LogP contribution < -0.4 is 5.32 Å². The largest absolute Gasteiger partial charge is 0.372 e. The highest BCUT2D eigenvalue weighted by atomic mass is 32.2. The quantitative estimate of drug-likeness (QED) is 0.888. The molecule has 1 aliphatic rings. The summed E-state index contributed by atoms with van der Waals surface area (Å²) in [6.07, 6.45) is 2.50. The maximum absolute atomic E-state index is 4.55. The van der Waals surface area contributed by atoms with E-state index in [9.17, 15) is 0 Å². The van der Waals surface area contributed by atoms with Crippen LogP contribution >= 0.6 is 23.1 Å². The average Bonchev–Trinajstić information content (AvgIpc) is 2.87. The maximum Gasteiger partial charge on any atom is 0.137 e. The number of hydrogen-bond acceptors (Lipinski definition) is 4. The van der Waals surface area contributed by atoms with Gasteiger partial charge in [-0.3, -0.25) is 0 Å². The van der Waals surface area contributed by atoms with Gasteiger partial charge < -0.3 is 5.32 Å². The summed E-state index contributed by atoms with van der Waals surface area (Å²) in [5, 5.41) is 6.24. The Labute approximate surface area is 109 Å². The van der Waals surface area contributed by atoms with Crippen molar-refractivity contribution in [1.29, 1.82) is 0 Å². The van der Waals surface area contributed by atoms with E-state index in [1.807, 2.05) is 18.8 Å². The van der Waals surface area contributed by atoms with Gasteiger partial charge in [0.05, 0.1) is 0 Å². The monoisotopic (exact) mass is 262 g/mol. The van der Waals surface area contributed by atoms with Gasteiger partial charge >= 0.3 is 0 Å². The standard InChI is InChI=1S/C13H14N2S2/c1-14-12-8-17-13(15-12)10-4-5-11-9(7-10)3-2-6-16-11/h4-5,7-8,14H,2-3,6H2,1H3. The molecule has 2 heterocycles. The van der Waals surface area contributed by atoms with Gasteiger partial charge in [-0.25, -0.2) is 4.98 Å². The number of aromatic nitrogens is 1. The summed E-state index contributed by atoms with van der Waals surface area (Å²) in [6.45, 7) is 0. The summed E-state index contributed by atoms with van der Waals surface area (Å²) in [4.78, 5) is 6.00.